The molecule has 10 nitrogen and oxygen atoms in total. The fraction of sp³-hybridized carbons (Fsp3) is 0.381. The van der Waals surface area contributed by atoms with Gasteiger partial charge in [-0.25, -0.2) is 4.68 Å². The lowest BCUT2D eigenvalue weighted by Crippen LogP contribution is -2.47. The van der Waals surface area contributed by atoms with Gasteiger partial charge in [-0.2, -0.15) is 10.1 Å². The van der Waals surface area contributed by atoms with E-state index in [0.29, 0.717) is 46.6 Å². The number of rotatable bonds is 5. The van der Waals surface area contributed by atoms with Gasteiger partial charge in [-0.3, -0.25) is 14.6 Å². The molecule has 0 saturated carbocycles. The van der Waals surface area contributed by atoms with Crippen LogP contribution >= 0.6 is 11.6 Å². The molecule has 11 heteroatoms. The molecule has 4 aromatic rings. The number of hydrogen-bond acceptors (Lipinski definition) is 9. The van der Waals surface area contributed by atoms with Gasteiger partial charge in [-0.15, -0.1) is 0 Å². The average Bonchev–Trinajstić information content (AvgIpc) is 3.41. The monoisotopic (exact) mass is 455 g/mol. The highest BCUT2D eigenvalue weighted by Crippen LogP contribution is 2.20. The number of aryl methyl sites for hydroxylation is 2. The van der Waals surface area contributed by atoms with Crippen LogP contribution in [0.4, 0.5) is 0 Å². The van der Waals surface area contributed by atoms with E-state index in [9.17, 15) is 4.79 Å². The number of nitrogens with zero attached hydrogens (tertiary/aromatic N) is 7. The number of piperazine rings is 1. The third-order valence-corrected chi connectivity index (χ3v) is 5.91. The largest absolute Gasteiger partial charge is 0.360 e. The maximum absolute atomic E-state index is 12.7. The molecule has 1 aliphatic rings. The second-order valence-electron chi connectivity index (χ2n) is 7.91. The molecule has 0 N–H and O–H groups in total. The van der Waals surface area contributed by atoms with Crippen LogP contribution < -0.4 is 5.56 Å². The zero-order chi connectivity index (χ0) is 22.2. The van der Waals surface area contributed by atoms with Gasteiger partial charge in [0.1, 0.15) is 5.76 Å². The minimum absolute atomic E-state index is 0.231. The van der Waals surface area contributed by atoms with Crippen LogP contribution in [0.3, 0.4) is 0 Å². The van der Waals surface area contributed by atoms with E-state index in [1.807, 2.05) is 19.1 Å². The van der Waals surface area contributed by atoms with E-state index in [4.69, 9.17) is 20.6 Å². The minimum atomic E-state index is -0.231. The van der Waals surface area contributed by atoms with Crippen molar-refractivity contribution >= 4 is 22.5 Å². The highest BCUT2D eigenvalue weighted by molar-refractivity contribution is 6.30. The Balaban J connectivity index is 1.20. The van der Waals surface area contributed by atoms with Gasteiger partial charge in [0.15, 0.2) is 5.52 Å². The summed E-state index contributed by atoms with van der Waals surface area (Å²) in [6.45, 7) is 7.86. The van der Waals surface area contributed by atoms with E-state index in [1.165, 1.54) is 4.68 Å². The van der Waals surface area contributed by atoms with Crippen molar-refractivity contribution in [2.75, 3.05) is 26.2 Å². The first kappa shape index (κ1) is 20.8. The molecule has 0 unspecified atom stereocenters. The Hall–Kier alpha value is -3.08. The van der Waals surface area contributed by atoms with E-state index in [2.05, 4.69) is 30.2 Å². The molecular weight excluding hydrogens is 434 g/mol. The zero-order valence-corrected chi connectivity index (χ0v) is 18.5. The summed E-state index contributed by atoms with van der Waals surface area (Å²) in [4.78, 5) is 21.7. The van der Waals surface area contributed by atoms with Gasteiger partial charge < -0.3 is 9.05 Å². The Bertz CT molecular complexity index is 1300. The molecule has 5 rings (SSSR count). The molecule has 1 aromatic carbocycles. The molecule has 1 aliphatic heterocycles. The van der Waals surface area contributed by atoms with Crippen LogP contribution in [0.25, 0.3) is 22.3 Å². The van der Waals surface area contributed by atoms with Crippen molar-refractivity contribution in [1.29, 1.82) is 0 Å². The van der Waals surface area contributed by atoms with Crippen molar-refractivity contribution < 1.29 is 9.05 Å². The number of hydrogen-bond donors (Lipinski definition) is 0. The first-order valence-corrected chi connectivity index (χ1v) is 10.7. The second kappa shape index (κ2) is 8.45. The van der Waals surface area contributed by atoms with Gasteiger partial charge in [0.05, 0.1) is 24.3 Å². The van der Waals surface area contributed by atoms with Crippen LogP contribution in [0.15, 0.2) is 38.1 Å². The molecule has 1 saturated heterocycles. The van der Waals surface area contributed by atoms with Crippen molar-refractivity contribution in [3.63, 3.8) is 0 Å². The standard InChI is InChI=1S/C21H22ClN7O3/c1-13-18-14(2)31-25-19(18)21(30)29(24-13)12-28-9-7-27(8-10-28)11-17-23-20(26-32-17)15-3-5-16(22)6-4-15/h3-6H,7-12H2,1-2H3. The summed E-state index contributed by atoms with van der Waals surface area (Å²) >= 11 is 5.93. The molecule has 1 fully saturated rings. The van der Waals surface area contributed by atoms with Crippen LogP contribution in [-0.4, -0.2) is 61.1 Å². The predicted octanol–water partition coefficient (Wildman–Crippen LogP) is 2.48. The van der Waals surface area contributed by atoms with E-state index >= 15 is 0 Å². The Labute approximate surface area is 188 Å². The molecule has 166 valence electrons. The van der Waals surface area contributed by atoms with Crippen LogP contribution in [-0.2, 0) is 13.2 Å². The minimum Gasteiger partial charge on any atom is -0.360 e. The van der Waals surface area contributed by atoms with Gasteiger partial charge >= 0.3 is 0 Å². The van der Waals surface area contributed by atoms with Gasteiger partial charge in [-0.1, -0.05) is 21.9 Å². The predicted molar refractivity (Wildman–Crippen MR) is 117 cm³/mol. The topological polar surface area (TPSA) is 106 Å². The molecule has 0 spiro atoms. The summed E-state index contributed by atoms with van der Waals surface area (Å²) < 4.78 is 12.1. The molecule has 0 bridgehead atoms. The molecule has 0 atom stereocenters. The Morgan fingerprint density at radius 1 is 1.00 bits per heavy atom. The van der Waals surface area contributed by atoms with Crippen molar-refractivity contribution in [2.24, 2.45) is 0 Å². The lowest BCUT2D eigenvalue weighted by molar-refractivity contribution is 0.0899. The number of fused-ring (bicyclic) bond motifs is 1. The maximum atomic E-state index is 12.7. The van der Waals surface area contributed by atoms with Crippen molar-refractivity contribution in [3.05, 3.63) is 57.0 Å². The first-order chi connectivity index (χ1) is 15.5. The SMILES string of the molecule is Cc1nn(CN2CCN(Cc3nc(-c4ccc(Cl)cc4)no3)CC2)c(=O)c2noc(C)c12. The van der Waals surface area contributed by atoms with Gasteiger partial charge in [0.25, 0.3) is 5.56 Å². The Kier molecular flexibility index (Phi) is 5.50. The maximum Gasteiger partial charge on any atom is 0.298 e. The first-order valence-electron chi connectivity index (χ1n) is 10.3. The third-order valence-electron chi connectivity index (χ3n) is 5.66. The Morgan fingerprint density at radius 3 is 2.47 bits per heavy atom. The lowest BCUT2D eigenvalue weighted by Gasteiger charge is -2.33. The molecule has 0 aliphatic carbocycles. The van der Waals surface area contributed by atoms with Gasteiger partial charge in [0, 0.05) is 36.8 Å². The van der Waals surface area contributed by atoms with Crippen molar-refractivity contribution in [1.82, 2.24) is 34.9 Å². The normalized spacial score (nSPS) is 15.6. The molecular formula is C21H22ClN7O3. The third kappa shape index (κ3) is 4.04. The van der Waals surface area contributed by atoms with Gasteiger partial charge in [0.2, 0.25) is 11.7 Å². The number of aromatic nitrogens is 5. The lowest BCUT2D eigenvalue weighted by atomic mass is 10.2. The van der Waals surface area contributed by atoms with Gasteiger partial charge in [-0.05, 0) is 38.1 Å². The highest BCUT2D eigenvalue weighted by atomic mass is 35.5. The molecule has 32 heavy (non-hydrogen) atoms. The summed E-state index contributed by atoms with van der Waals surface area (Å²) in [6.07, 6.45) is 0. The van der Waals surface area contributed by atoms with Crippen LogP contribution in [0.2, 0.25) is 5.02 Å². The summed E-state index contributed by atoms with van der Waals surface area (Å²) in [5.74, 6) is 1.74. The van der Waals surface area contributed by atoms with E-state index in [-0.39, 0.29) is 5.56 Å². The molecule has 0 radical (unpaired) electrons. The Morgan fingerprint density at radius 2 is 1.72 bits per heavy atom. The second-order valence-corrected chi connectivity index (χ2v) is 8.34. The summed E-state index contributed by atoms with van der Waals surface area (Å²) in [5.41, 5.74) is 1.71. The number of halogens is 1. The van der Waals surface area contributed by atoms with E-state index < -0.39 is 0 Å². The van der Waals surface area contributed by atoms with E-state index in [0.717, 1.165) is 37.4 Å². The fourth-order valence-corrected chi connectivity index (χ4v) is 4.07. The fourth-order valence-electron chi connectivity index (χ4n) is 3.94. The molecule has 0 amide bonds. The van der Waals surface area contributed by atoms with E-state index in [1.54, 1.807) is 19.1 Å². The summed E-state index contributed by atoms with van der Waals surface area (Å²) in [5, 5.41) is 13.8. The quantitative estimate of drug-likeness (QED) is 0.448. The summed E-state index contributed by atoms with van der Waals surface area (Å²) in [6, 6.07) is 7.33. The van der Waals surface area contributed by atoms with Crippen LogP contribution in [0.5, 0.6) is 0 Å². The van der Waals surface area contributed by atoms with Crippen LogP contribution in [0.1, 0.15) is 17.3 Å². The zero-order valence-electron chi connectivity index (χ0n) is 17.8. The average molecular weight is 456 g/mol. The number of benzene rings is 1. The van der Waals surface area contributed by atoms with Crippen LogP contribution in [0, 0.1) is 13.8 Å². The summed E-state index contributed by atoms with van der Waals surface area (Å²) in [7, 11) is 0. The smallest absolute Gasteiger partial charge is 0.298 e. The van der Waals surface area contributed by atoms with Crippen molar-refractivity contribution in [2.45, 2.75) is 27.1 Å². The molecule has 4 heterocycles. The van der Waals surface area contributed by atoms with Crippen molar-refractivity contribution in [3.8, 4) is 11.4 Å². The molecule has 3 aromatic heterocycles. The highest BCUT2D eigenvalue weighted by Gasteiger charge is 2.22.